The lowest BCUT2D eigenvalue weighted by Crippen LogP contribution is -2.26. The van der Waals surface area contributed by atoms with Gasteiger partial charge >= 0.3 is 0 Å². The maximum atomic E-state index is 5.69. The average molecular weight is 290 g/mol. The van der Waals surface area contributed by atoms with Crippen molar-refractivity contribution in [2.45, 2.75) is 59.5 Å². The standard InChI is InChI=1S/C16H26N4O/c1-6-7-17-15(14-8-12(4)21-13(14)5)9-16-18-10-19-20(16)11(2)3/h8,10-11,15,17H,6-7,9H2,1-5H3. The summed E-state index contributed by atoms with van der Waals surface area (Å²) in [4.78, 5) is 4.43. The molecule has 116 valence electrons. The lowest BCUT2D eigenvalue weighted by molar-refractivity contribution is 0.452. The van der Waals surface area contributed by atoms with E-state index in [1.54, 1.807) is 6.33 Å². The molecule has 5 heteroatoms. The molecule has 0 aromatic carbocycles. The van der Waals surface area contributed by atoms with E-state index in [2.05, 4.69) is 42.2 Å². The number of hydrogen-bond donors (Lipinski definition) is 1. The second kappa shape index (κ2) is 6.89. The highest BCUT2D eigenvalue weighted by Gasteiger charge is 2.20. The summed E-state index contributed by atoms with van der Waals surface area (Å²) in [7, 11) is 0. The van der Waals surface area contributed by atoms with Crippen molar-refractivity contribution >= 4 is 0 Å². The Morgan fingerprint density at radius 1 is 1.33 bits per heavy atom. The second-order valence-electron chi connectivity index (χ2n) is 5.79. The van der Waals surface area contributed by atoms with Crippen molar-refractivity contribution in [2.24, 2.45) is 0 Å². The highest BCUT2D eigenvalue weighted by molar-refractivity contribution is 5.25. The quantitative estimate of drug-likeness (QED) is 0.849. The van der Waals surface area contributed by atoms with E-state index in [9.17, 15) is 0 Å². The first-order chi connectivity index (χ1) is 10.0. The molecule has 21 heavy (non-hydrogen) atoms. The topological polar surface area (TPSA) is 55.9 Å². The van der Waals surface area contributed by atoms with Gasteiger partial charge in [0.15, 0.2) is 0 Å². The van der Waals surface area contributed by atoms with Crippen LogP contribution in [0.4, 0.5) is 0 Å². The predicted molar refractivity (Wildman–Crippen MR) is 83.3 cm³/mol. The molecule has 1 unspecified atom stereocenters. The summed E-state index contributed by atoms with van der Waals surface area (Å²) in [5.74, 6) is 2.95. The third-order valence-electron chi connectivity index (χ3n) is 3.62. The maximum absolute atomic E-state index is 5.69. The molecule has 0 radical (unpaired) electrons. The SMILES string of the molecule is CCCNC(Cc1ncnn1C(C)C)c1cc(C)oc1C. The molecule has 2 rings (SSSR count). The molecule has 5 nitrogen and oxygen atoms in total. The molecule has 0 saturated carbocycles. The Hall–Kier alpha value is -1.62. The number of furan rings is 1. The van der Waals surface area contributed by atoms with Crippen LogP contribution in [0, 0.1) is 13.8 Å². The van der Waals surface area contributed by atoms with E-state index < -0.39 is 0 Å². The minimum Gasteiger partial charge on any atom is -0.466 e. The van der Waals surface area contributed by atoms with Gasteiger partial charge in [0.05, 0.1) is 0 Å². The zero-order chi connectivity index (χ0) is 15.4. The third kappa shape index (κ3) is 3.73. The number of nitrogens with one attached hydrogen (secondary N) is 1. The zero-order valence-electron chi connectivity index (χ0n) is 13.7. The van der Waals surface area contributed by atoms with E-state index in [0.717, 1.165) is 36.7 Å². The van der Waals surface area contributed by atoms with Crippen LogP contribution in [0.15, 0.2) is 16.8 Å². The molecular formula is C16H26N4O. The van der Waals surface area contributed by atoms with Crippen molar-refractivity contribution in [3.05, 3.63) is 35.3 Å². The molecule has 1 atom stereocenters. The van der Waals surface area contributed by atoms with Gasteiger partial charge in [0, 0.05) is 24.1 Å². The van der Waals surface area contributed by atoms with Crippen molar-refractivity contribution in [1.29, 1.82) is 0 Å². The first-order valence-electron chi connectivity index (χ1n) is 7.71. The van der Waals surface area contributed by atoms with E-state index in [-0.39, 0.29) is 6.04 Å². The zero-order valence-corrected chi connectivity index (χ0v) is 13.7. The maximum Gasteiger partial charge on any atom is 0.138 e. The van der Waals surface area contributed by atoms with E-state index in [1.807, 2.05) is 18.5 Å². The first kappa shape index (κ1) is 15.8. The molecule has 0 aliphatic rings. The van der Waals surface area contributed by atoms with Gasteiger partial charge in [-0.3, -0.25) is 0 Å². The van der Waals surface area contributed by atoms with Crippen LogP contribution >= 0.6 is 0 Å². The van der Waals surface area contributed by atoms with Gasteiger partial charge in [-0.25, -0.2) is 9.67 Å². The van der Waals surface area contributed by atoms with Gasteiger partial charge in [-0.15, -0.1) is 0 Å². The Labute approximate surface area is 126 Å². The Morgan fingerprint density at radius 3 is 2.67 bits per heavy atom. The summed E-state index contributed by atoms with van der Waals surface area (Å²) in [6.07, 6.45) is 3.56. The van der Waals surface area contributed by atoms with Crippen molar-refractivity contribution < 1.29 is 4.42 Å². The van der Waals surface area contributed by atoms with Crippen LogP contribution < -0.4 is 5.32 Å². The van der Waals surface area contributed by atoms with Crippen molar-refractivity contribution in [2.75, 3.05) is 6.54 Å². The van der Waals surface area contributed by atoms with Gasteiger partial charge in [0.2, 0.25) is 0 Å². The predicted octanol–water partition coefficient (Wildman–Crippen LogP) is 3.35. The van der Waals surface area contributed by atoms with E-state index in [0.29, 0.717) is 6.04 Å². The minimum absolute atomic E-state index is 0.212. The average Bonchev–Trinajstić information content (AvgIpc) is 3.01. The third-order valence-corrected chi connectivity index (χ3v) is 3.62. The van der Waals surface area contributed by atoms with Gasteiger partial charge in [0.1, 0.15) is 23.7 Å². The lowest BCUT2D eigenvalue weighted by atomic mass is 10.0. The molecule has 1 N–H and O–H groups in total. The van der Waals surface area contributed by atoms with Crippen LogP contribution in [0.3, 0.4) is 0 Å². The van der Waals surface area contributed by atoms with E-state index in [4.69, 9.17) is 4.42 Å². The van der Waals surface area contributed by atoms with E-state index >= 15 is 0 Å². The Morgan fingerprint density at radius 2 is 2.10 bits per heavy atom. The summed E-state index contributed by atoms with van der Waals surface area (Å²) in [6, 6.07) is 2.66. The first-order valence-corrected chi connectivity index (χ1v) is 7.71. The van der Waals surface area contributed by atoms with Gasteiger partial charge in [-0.05, 0) is 46.7 Å². The molecule has 0 aliphatic heterocycles. The van der Waals surface area contributed by atoms with E-state index in [1.165, 1.54) is 5.56 Å². The minimum atomic E-state index is 0.212. The van der Waals surface area contributed by atoms with Crippen molar-refractivity contribution in [3.63, 3.8) is 0 Å². The molecule has 0 saturated heterocycles. The lowest BCUT2D eigenvalue weighted by Gasteiger charge is -2.19. The van der Waals surface area contributed by atoms with Gasteiger partial charge in [0.25, 0.3) is 0 Å². The highest BCUT2D eigenvalue weighted by atomic mass is 16.3. The monoisotopic (exact) mass is 290 g/mol. The fraction of sp³-hybridized carbons (Fsp3) is 0.625. The Bertz CT molecular complexity index is 571. The fourth-order valence-electron chi connectivity index (χ4n) is 2.64. The second-order valence-corrected chi connectivity index (χ2v) is 5.79. The summed E-state index contributed by atoms with van der Waals surface area (Å²) < 4.78 is 7.68. The molecule has 0 fully saturated rings. The van der Waals surface area contributed by atoms with Gasteiger partial charge in [-0.1, -0.05) is 6.92 Å². The number of nitrogens with zero attached hydrogens (tertiary/aromatic N) is 3. The summed E-state index contributed by atoms with van der Waals surface area (Å²) in [5, 5.41) is 7.93. The number of rotatable bonds is 7. The summed E-state index contributed by atoms with van der Waals surface area (Å²) in [5.41, 5.74) is 1.22. The number of aryl methyl sites for hydroxylation is 2. The molecule has 0 spiro atoms. The van der Waals surface area contributed by atoms with Crippen LogP contribution in [0.1, 0.15) is 62.2 Å². The Balaban J connectivity index is 2.24. The Kier molecular flexibility index (Phi) is 5.17. The van der Waals surface area contributed by atoms with Gasteiger partial charge in [-0.2, -0.15) is 5.10 Å². The molecule has 0 bridgehead atoms. The summed E-state index contributed by atoms with van der Waals surface area (Å²) >= 11 is 0. The van der Waals surface area contributed by atoms with Crippen molar-refractivity contribution in [3.8, 4) is 0 Å². The number of aromatic nitrogens is 3. The molecule has 0 amide bonds. The molecular weight excluding hydrogens is 264 g/mol. The molecule has 2 aromatic rings. The number of hydrogen-bond acceptors (Lipinski definition) is 4. The largest absolute Gasteiger partial charge is 0.466 e. The normalized spacial score (nSPS) is 13.0. The van der Waals surface area contributed by atoms with Crippen molar-refractivity contribution in [1.82, 2.24) is 20.1 Å². The van der Waals surface area contributed by atoms with Crippen LogP contribution in [-0.4, -0.2) is 21.3 Å². The molecule has 2 heterocycles. The fourth-order valence-corrected chi connectivity index (χ4v) is 2.64. The van der Waals surface area contributed by atoms with Crippen LogP contribution in [-0.2, 0) is 6.42 Å². The molecule has 2 aromatic heterocycles. The van der Waals surface area contributed by atoms with Crippen LogP contribution in [0.5, 0.6) is 0 Å². The molecule has 0 aliphatic carbocycles. The smallest absolute Gasteiger partial charge is 0.138 e. The van der Waals surface area contributed by atoms with Crippen LogP contribution in [0.25, 0.3) is 0 Å². The van der Waals surface area contributed by atoms with Crippen LogP contribution in [0.2, 0.25) is 0 Å². The highest BCUT2D eigenvalue weighted by Crippen LogP contribution is 2.25. The summed E-state index contributed by atoms with van der Waals surface area (Å²) in [6.45, 7) is 11.4. The van der Waals surface area contributed by atoms with Gasteiger partial charge < -0.3 is 9.73 Å².